The maximum atomic E-state index is 5.42. The quantitative estimate of drug-likeness (QED) is 0.200. The SMILES string of the molecule is CC(C)(C)c1cc2c3[nH]c4c(cc(C(C)(C)C)cc4c3c1)-c1cc(-c3ccccc3)cc(n1)-c1cccc(c1)Sc1cccc-2n1. The number of rotatable bonds is 1. The normalized spacial score (nSPS) is 12.9. The minimum Gasteiger partial charge on any atom is -0.353 e. The molecule has 0 saturated carbocycles. The van der Waals surface area contributed by atoms with E-state index in [9.17, 15) is 0 Å². The Bertz CT molecular complexity index is 2300. The van der Waals surface area contributed by atoms with Crippen LogP contribution < -0.4 is 0 Å². The van der Waals surface area contributed by atoms with Crippen molar-refractivity contribution in [2.45, 2.75) is 62.3 Å². The van der Waals surface area contributed by atoms with Gasteiger partial charge in [-0.1, -0.05) is 102 Å². The van der Waals surface area contributed by atoms with Crippen molar-refractivity contribution in [2.24, 2.45) is 0 Å². The molecule has 0 radical (unpaired) electrons. The van der Waals surface area contributed by atoms with E-state index in [4.69, 9.17) is 9.97 Å². The number of hydrogen-bond acceptors (Lipinski definition) is 3. The van der Waals surface area contributed by atoms with Gasteiger partial charge in [0, 0.05) is 32.4 Å². The predicted molar refractivity (Wildman–Crippen MR) is 195 cm³/mol. The van der Waals surface area contributed by atoms with Crippen LogP contribution in [0.4, 0.5) is 0 Å². The van der Waals surface area contributed by atoms with E-state index in [1.54, 1.807) is 11.8 Å². The first-order chi connectivity index (χ1) is 22.0. The van der Waals surface area contributed by atoms with Gasteiger partial charge in [-0.3, -0.25) is 0 Å². The van der Waals surface area contributed by atoms with Crippen LogP contribution in [0.25, 0.3) is 66.7 Å². The Hall–Kier alpha value is -4.67. The van der Waals surface area contributed by atoms with Crippen molar-refractivity contribution >= 4 is 33.6 Å². The van der Waals surface area contributed by atoms with Crippen molar-refractivity contribution in [1.29, 1.82) is 0 Å². The number of hydrogen-bond donors (Lipinski definition) is 1. The third-order valence-corrected chi connectivity index (χ3v) is 10.0. The summed E-state index contributed by atoms with van der Waals surface area (Å²) in [6.45, 7) is 13.8. The molecule has 0 aliphatic carbocycles. The number of nitrogens with one attached hydrogen (secondary N) is 1. The van der Waals surface area contributed by atoms with Gasteiger partial charge in [-0.2, -0.15) is 0 Å². The van der Waals surface area contributed by atoms with E-state index in [2.05, 4.69) is 156 Å². The molecule has 4 heterocycles. The van der Waals surface area contributed by atoms with Crippen LogP contribution in [0.5, 0.6) is 0 Å². The first-order valence-electron chi connectivity index (χ1n) is 16.0. The van der Waals surface area contributed by atoms with Crippen LogP contribution >= 0.6 is 11.8 Å². The maximum absolute atomic E-state index is 5.42. The number of benzene rings is 4. The average Bonchev–Trinajstić information content (AvgIpc) is 3.42. The van der Waals surface area contributed by atoms with Crippen LogP contribution in [0.15, 0.2) is 119 Å². The summed E-state index contributed by atoms with van der Waals surface area (Å²) in [7, 11) is 0. The summed E-state index contributed by atoms with van der Waals surface area (Å²) >= 11 is 1.69. The van der Waals surface area contributed by atoms with E-state index in [1.807, 2.05) is 0 Å². The second kappa shape index (κ2) is 10.4. The molecule has 0 spiro atoms. The topological polar surface area (TPSA) is 41.6 Å². The van der Waals surface area contributed by atoms with Crippen molar-refractivity contribution in [2.75, 3.05) is 0 Å². The summed E-state index contributed by atoms with van der Waals surface area (Å²) in [6, 6.07) is 39.7. The molecule has 0 saturated heterocycles. The van der Waals surface area contributed by atoms with Crippen LogP contribution in [0.3, 0.4) is 0 Å². The van der Waals surface area contributed by atoms with Gasteiger partial charge in [-0.05, 0) is 93.7 Å². The molecule has 226 valence electrons. The molecule has 1 aliphatic heterocycles. The third-order valence-electron chi connectivity index (χ3n) is 9.11. The molecule has 8 rings (SSSR count). The molecule has 8 bridgehead atoms. The van der Waals surface area contributed by atoms with Gasteiger partial charge in [0.05, 0.1) is 28.1 Å². The van der Waals surface area contributed by atoms with Crippen LogP contribution in [0, 0.1) is 0 Å². The van der Waals surface area contributed by atoms with Gasteiger partial charge in [0.2, 0.25) is 0 Å². The monoisotopic (exact) mass is 615 g/mol. The van der Waals surface area contributed by atoms with Crippen molar-refractivity contribution < 1.29 is 0 Å². The lowest BCUT2D eigenvalue weighted by Gasteiger charge is -2.22. The fourth-order valence-corrected chi connectivity index (χ4v) is 7.31. The number of aromatic amines is 1. The Morgan fingerprint density at radius 1 is 0.500 bits per heavy atom. The lowest BCUT2D eigenvalue weighted by molar-refractivity contribution is 0.590. The second-order valence-corrected chi connectivity index (χ2v) is 15.6. The summed E-state index contributed by atoms with van der Waals surface area (Å²) in [4.78, 5) is 15.7. The van der Waals surface area contributed by atoms with E-state index < -0.39 is 0 Å². The zero-order valence-corrected chi connectivity index (χ0v) is 28.0. The van der Waals surface area contributed by atoms with Crippen LogP contribution in [0.1, 0.15) is 52.7 Å². The van der Waals surface area contributed by atoms with Crippen molar-refractivity contribution in [3.63, 3.8) is 0 Å². The number of aromatic nitrogens is 3. The van der Waals surface area contributed by atoms with E-state index >= 15 is 0 Å². The van der Waals surface area contributed by atoms with Crippen LogP contribution in [0.2, 0.25) is 0 Å². The largest absolute Gasteiger partial charge is 0.353 e. The predicted octanol–water partition coefficient (Wildman–Crippen LogP) is 11.8. The Labute approximate surface area is 275 Å². The molecule has 4 aromatic carbocycles. The minimum absolute atomic E-state index is 0.0366. The molecule has 3 aromatic heterocycles. The molecule has 46 heavy (non-hydrogen) atoms. The zero-order valence-electron chi connectivity index (χ0n) is 27.2. The number of pyridine rings is 2. The molecular formula is C42H37N3S. The van der Waals surface area contributed by atoms with Gasteiger partial charge in [0.25, 0.3) is 0 Å². The van der Waals surface area contributed by atoms with Gasteiger partial charge >= 0.3 is 0 Å². The third kappa shape index (κ3) is 5.02. The molecule has 0 unspecified atom stereocenters. The first kappa shape index (κ1) is 28.8. The van der Waals surface area contributed by atoms with E-state index in [0.29, 0.717) is 0 Å². The summed E-state index contributed by atoms with van der Waals surface area (Å²) in [6.07, 6.45) is 0. The highest BCUT2D eigenvalue weighted by atomic mass is 32.2. The molecular weight excluding hydrogens is 579 g/mol. The molecule has 3 nitrogen and oxygen atoms in total. The second-order valence-electron chi connectivity index (χ2n) is 14.5. The molecule has 4 heteroatoms. The number of fused-ring (bicyclic) bond motifs is 10. The standard InChI is InChI=1S/C42H37N3S/c1-41(2,3)28-21-31-32-22-29(42(4,5)6)24-34-37-20-27(25-12-8-7-9-13-25)19-36(43-37)26-14-10-15-30(18-26)46-38-17-11-16-35(44-38)33(23-28)39(31)45-40(32)34/h7-24,45H,1-6H3. The summed E-state index contributed by atoms with van der Waals surface area (Å²) in [5.74, 6) is 0. The average molecular weight is 616 g/mol. The molecule has 1 N–H and O–H groups in total. The fraction of sp³-hybridized carbons (Fsp3) is 0.190. The highest BCUT2D eigenvalue weighted by Gasteiger charge is 2.24. The van der Waals surface area contributed by atoms with Crippen molar-refractivity contribution in [3.8, 4) is 44.9 Å². The Morgan fingerprint density at radius 3 is 1.78 bits per heavy atom. The Kier molecular flexibility index (Phi) is 6.53. The first-order valence-corrected chi connectivity index (χ1v) is 16.8. The Balaban J connectivity index is 1.56. The van der Waals surface area contributed by atoms with Crippen molar-refractivity contribution in [3.05, 3.63) is 120 Å². The van der Waals surface area contributed by atoms with Gasteiger partial charge in [-0.15, -0.1) is 0 Å². The molecule has 7 aromatic rings. The highest BCUT2D eigenvalue weighted by molar-refractivity contribution is 7.99. The number of nitrogens with zero attached hydrogens (tertiary/aromatic N) is 2. The van der Waals surface area contributed by atoms with Gasteiger partial charge in [0.1, 0.15) is 5.03 Å². The zero-order chi connectivity index (χ0) is 31.8. The van der Waals surface area contributed by atoms with E-state index in [1.165, 1.54) is 27.5 Å². The van der Waals surface area contributed by atoms with Gasteiger partial charge in [-0.25, -0.2) is 9.97 Å². The van der Waals surface area contributed by atoms with Crippen LogP contribution in [-0.4, -0.2) is 15.0 Å². The summed E-state index contributed by atoms with van der Waals surface area (Å²) in [5.41, 5.74) is 13.2. The smallest absolute Gasteiger partial charge is 0.101 e. The summed E-state index contributed by atoms with van der Waals surface area (Å²) in [5, 5.41) is 3.41. The summed E-state index contributed by atoms with van der Waals surface area (Å²) < 4.78 is 0. The van der Waals surface area contributed by atoms with Crippen molar-refractivity contribution in [1.82, 2.24) is 15.0 Å². The van der Waals surface area contributed by atoms with Gasteiger partial charge in [0.15, 0.2) is 0 Å². The number of H-pyrrole nitrogens is 1. The highest BCUT2D eigenvalue weighted by Crippen LogP contribution is 2.44. The molecule has 0 atom stereocenters. The molecule has 1 aliphatic rings. The lowest BCUT2D eigenvalue weighted by atomic mass is 9.83. The Morgan fingerprint density at radius 2 is 1.11 bits per heavy atom. The van der Waals surface area contributed by atoms with E-state index in [-0.39, 0.29) is 10.8 Å². The molecule has 0 fully saturated rings. The fourth-order valence-electron chi connectivity index (χ4n) is 6.45. The maximum Gasteiger partial charge on any atom is 0.101 e. The van der Waals surface area contributed by atoms with E-state index in [0.717, 1.165) is 60.3 Å². The molecule has 0 amide bonds. The van der Waals surface area contributed by atoms with Gasteiger partial charge < -0.3 is 4.98 Å². The minimum atomic E-state index is -0.0564. The van der Waals surface area contributed by atoms with Crippen LogP contribution in [-0.2, 0) is 10.8 Å². The lowest BCUT2D eigenvalue weighted by Crippen LogP contribution is -2.11.